The van der Waals surface area contributed by atoms with E-state index in [4.69, 9.17) is 16.3 Å². The van der Waals surface area contributed by atoms with E-state index in [1.807, 2.05) is 0 Å². The molecule has 1 aliphatic carbocycles. The molecule has 21 heavy (non-hydrogen) atoms. The Kier molecular flexibility index (Phi) is 3.76. The first kappa shape index (κ1) is 14.2. The molecule has 1 aromatic carbocycles. The number of nitrogens with zero attached hydrogens (tertiary/aromatic N) is 1. The molecule has 1 atom stereocenters. The van der Waals surface area contributed by atoms with Crippen LogP contribution in [0.3, 0.4) is 0 Å². The van der Waals surface area contributed by atoms with E-state index in [-0.39, 0.29) is 24.4 Å². The van der Waals surface area contributed by atoms with Crippen molar-refractivity contribution in [2.75, 3.05) is 13.7 Å². The van der Waals surface area contributed by atoms with Crippen LogP contribution in [0.4, 0.5) is 0 Å². The van der Waals surface area contributed by atoms with Crippen LogP contribution < -0.4 is 10.1 Å². The van der Waals surface area contributed by atoms with Gasteiger partial charge in [-0.3, -0.25) is 9.59 Å². The van der Waals surface area contributed by atoms with Crippen LogP contribution in [0, 0.1) is 5.92 Å². The van der Waals surface area contributed by atoms with Crippen molar-refractivity contribution in [3.63, 3.8) is 0 Å². The Morgan fingerprint density at radius 3 is 2.81 bits per heavy atom. The summed E-state index contributed by atoms with van der Waals surface area (Å²) in [4.78, 5) is 25.9. The summed E-state index contributed by atoms with van der Waals surface area (Å²) in [6, 6.07) is 4.91. The summed E-state index contributed by atoms with van der Waals surface area (Å²) >= 11 is 6.01. The normalized spacial score (nSPS) is 22.2. The van der Waals surface area contributed by atoms with Crippen LogP contribution in [0.1, 0.15) is 18.4 Å². The first-order valence-corrected chi connectivity index (χ1v) is 7.37. The van der Waals surface area contributed by atoms with Crippen molar-refractivity contribution in [3.05, 3.63) is 28.8 Å². The Hall–Kier alpha value is -1.75. The number of hydrogen-bond donors (Lipinski definition) is 1. The van der Waals surface area contributed by atoms with Crippen LogP contribution in [-0.4, -0.2) is 36.4 Å². The number of hydrogen-bond acceptors (Lipinski definition) is 3. The van der Waals surface area contributed by atoms with Gasteiger partial charge >= 0.3 is 0 Å². The van der Waals surface area contributed by atoms with Crippen molar-refractivity contribution in [2.45, 2.75) is 25.4 Å². The van der Waals surface area contributed by atoms with Gasteiger partial charge in [0.2, 0.25) is 11.8 Å². The SMILES string of the molecule is COc1ccc(Cl)cc1CN1CC(=O)NC(C2CC2)C1=O. The lowest BCUT2D eigenvalue weighted by Gasteiger charge is -2.33. The second kappa shape index (κ2) is 5.56. The van der Waals surface area contributed by atoms with E-state index < -0.39 is 0 Å². The monoisotopic (exact) mass is 308 g/mol. The smallest absolute Gasteiger partial charge is 0.246 e. The van der Waals surface area contributed by atoms with E-state index in [2.05, 4.69) is 5.32 Å². The molecular weight excluding hydrogens is 292 g/mol. The number of methoxy groups -OCH3 is 1. The third-order valence-electron chi connectivity index (χ3n) is 3.93. The molecule has 112 valence electrons. The molecule has 6 heteroatoms. The highest BCUT2D eigenvalue weighted by atomic mass is 35.5. The highest BCUT2D eigenvalue weighted by Crippen LogP contribution is 2.35. The number of piperazine rings is 1. The summed E-state index contributed by atoms with van der Waals surface area (Å²) in [7, 11) is 1.57. The summed E-state index contributed by atoms with van der Waals surface area (Å²) in [5.74, 6) is 0.846. The van der Waals surface area contributed by atoms with Gasteiger partial charge in [0.25, 0.3) is 0 Å². The topological polar surface area (TPSA) is 58.6 Å². The van der Waals surface area contributed by atoms with Gasteiger partial charge < -0.3 is 15.0 Å². The Morgan fingerprint density at radius 1 is 1.38 bits per heavy atom. The number of rotatable bonds is 4. The van der Waals surface area contributed by atoms with Gasteiger partial charge in [-0.05, 0) is 37.0 Å². The lowest BCUT2D eigenvalue weighted by Crippen LogP contribution is -2.58. The van der Waals surface area contributed by atoms with Crippen LogP contribution in [-0.2, 0) is 16.1 Å². The fourth-order valence-corrected chi connectivity index (χ4v) is 2.88. The average molecular weight is 309 g/mol. The second-order valence-electron chi connectivity index (χ2n) is 5.53. The van der Waals surface area contributed by atoms with Crippen molar-refractivity contribution in [2.24, 2.45) is 5.92 Å². The van der Waals surface area contributed by atoms with Crippen molar-refractivity contribution in [1.82, 2.24) is 10.2 Å². The first-order valence-electron chi connectivity index (χ1n) is 6.99. The maximum absolute atomic E-state index is 12.5. The maximum atomic E-state index is 12.5. The Balaban J connectivity index is 1.81. The Labute approximate surface area is 128 Å². The van der Waals surface area contributed by atoms with Crippen molar-refractivity contribution < 1.29 is 14.3 Å². The van der Waals surface area contributed by atoms with Crippen LogP contribution in [0.15, 0.2) is 18.2 Å². The molecule has 1 N–H and O–H groups in total. The molecule has 0 radical (unpaired) electrons. The van der Waals surface area contributed by atoms with E-state index in [1.165, 1.54) is 0 Å². The summed E-state index contributed by atoms with van der Waals surface area (Å²) < 4.78 is 5.29. The fraction of sp³-hybridized carbons (Fsp3) is 0.467. The summed E-state index contributed by atoms with van der Waals surface area (Å²) in [6.45, 7) is 0.414. The predicted molar refractivity (Wildman–Crippen MR) is 78.1 cm³/mol. The minimum atomic E-state index is -0.364. The highest BCUT2D eigenvalue weighted by molar-refractivity contribution is 6.30. The van der Waals surface area contributed by atoms with Crippen LogP contribution in [0.5, 0.6) is 5.75 Å². The standard InChI is InChI=1S/C15H17ClN2O3/c1-21-12-5-4-11(16)6-10(12)7-18-8-13(19)17-14(15(18)20)9-2-3-9/h4-6,9,14H,2-3,7-8H2,1H3,(H,17,19). The molecular formula is C15H17ClN2O3. The average Bonchev–Trinajstić information content (AvgIpc) is 3.27. The van der Waals surface area contributed by atoms with Crippen LogP contribution >= 0.6 is 11.6 Å². The Morgan fingerprint density at radius 2 is 2.14 bits per heavy atom. The fourth-order valence-electron chi connectivity index (χ4n) is 2.69. The molecule has 2 fully saturated rings. The third-order valence-corrected chi connectivity index (χ3v) is 4.16. The number of halogens is 1. The number of ether oxygens (including phenoxy) is 1. The quantitative estimate of drug-likeness (QED) is 0.919. The molecule has 1 heterocycles. The molecule has 1 saturated heterocycles. The van der Waals surface area contributed by atoms with Crippen LogP contribution in [0.25, 0.3) is 0 Å². The van der Waals surface area contributed by atoms with Gasteiger partial charge in [0.15, 0.2) is 0 Å². The van der Waals surface area contributed by atoms with Gasteiger partial charge in [-0.15, -0.1) is 0 Å². The van der Waals surface area contributed by atoms with E-state index in [0.717, 1.165) is 18.4 Å². The van der Waals surface area contributed by atoms with Gasteiger partial charge in [0.1, 0.15) is 11.8 Å². The molecule has 0 spiro atoms. The number of carbonyl (C=O) groups excluding carboxylic acids is 2. The largest absolute Gasteiger partial charge is 0.496 e. The van der Waals surface area contributed by atoms with Crippen molar-refractivity contribution >= 4 is 23.4 Å². The second-order valence-corrected chi connectivity index (χ2v) is 5.97. The molecule has 1 aromatic rings. The zero-order chi connectivity index (χ0) is 15.0. The molecule has 1 unspecified atom stereocenters. The van der Waals surface area contributed by atoms with Crippen molar-refractivity contribution in [1.29, 1.82) is 0 Å². The summed E-state index contributed by atoms with van der Waals surface area (Å²) in [5.41, 5.74) is 0.808. The van der Waals surface area contributed by atoms with E-state index in [9.17, 15) is 9.59 Å². The van der Waals surface area contributed by atoms with Crippen molar-refractivity contribution in [3.8, 4) is 5.75 Å². The van der Waals surface area contributed by atoms with Crippen LogP contribution in [0.2, 0.25) is 5.02 Å². The lowest BCUT2D eigenvalue weighted by molar-refractivity contribution is -0.145. The third kappa shape index (κ3) is 2.97. The minimum Gasteiger partial charge on any atom is -0.496 e. The molecule has 2 amide bonds. The number of carbonyl (C=O) groups is 2. The first-order chi connectivity index (χ1) is 10.1. The Bertz CT molecular complexity index is 586. The molecule has 1 saturated carbocycles. The minimum absolute atomic E-state index is 0.0147. The summed E-state index contributed by atoms with van der Waals surface area (Å²) in [5, 5.41) is 3.38. The predicted octanol–water partition coefficient (Wildman–Crippen LogP) is 1.59. The van der Waals surface area contributed by atoms with Gasteiger partial charge in [-0.25, -0.2) is 0 Å². The van der Waals surface area contributed by atoms with Gasteiger partial charge in [0.05, 0.1) is 13.7 Å². The van der Waals surface area contributed by atoms with Gasteiger partial charge in [-0.2, -0.15) is 0 Å². The number of benzene rings is 1. The van der Waals surface area contributed by atoms with Gasteiger partial charge in [-0.1, -0.05) is 11.6 Å². The lowest BCUT2D eigenvalue weighted by atomic mass is 10.1. The number of nitrogens with one attached hydrogen (secondary N) is 1. The molecule has 5 nitrogen and oxygen atoms in total. The maximum Gasteiger partial charge on any atom is 0.246 e. The summed E-state index contributed by atoms with van der Waals surface area (Å²) in [6.07, 6.45) is 2.01. The van der Waals surface area contributed by atoms with E-state index >= 15 is 0 Å². The molecule has 0 aromatic heterocycles. The molecule has 0 bridgehead atoms. The molecule has 3 rings (SSSR count). The molecule has 1 aliphatic heterocycles. The highest BCUT2D eigenvalue weighted by Gasteiger charge is 2.42. The van der Waals surface area contributed by atoms with E-state index in [0.29, 0.717) is 23.2 Å². The van der Waals surface area contributed by atoms with E-state index in [1.54, 1.807) is 30.2 Å². The zero-order valence-electron chi connectivity index (χ0n) is 11.8. The zero-order valence-corrected chi connectivity index (χ0v) is 12.5. The molecule has 2 aliphatic rings. The number of amides is 2. The van der Waals surface area contributed by atoms with Gasteiger partial charge in [0, 0.05) is 17.1 Å².